The van der Waals surface area contributed by atoms with Crippen LogP contribution in [0.25, 0.3) is 0 Å². The van der Waals surface area contributed by atoms with Gasteiger partial charge in [0.2, 0.25) is 0 Å². The number of amides is 1. The average molecular weight is 392 g/mol. The molecule has 0 aliphatic rings. The van der Waals surface area contributed by atoms with Crippen molar-refractivity contribution in [1.82, 2.24) is 9.88 Å². The molecular formula is C23H21FN2O3. The number of aromatic nitrogens is 1. The highest BCUT2D eigenvalue weighted by Gasteiger charge is 2.19. The number of carboxylic acid groups (broad SMARTS) is 1. The number of benzene rings is 2. The molecule has 1 amide bonds. The molecule has 148 valence electrons. The number of rotatable bonds is 7. The maximum atomic E-state index is 13.0. The molecule has 1 N–H and O–H groups in total. The topological polar surface area (TPSA) is 70.5 Å². The second-order valence-corrected chi connectivity index (χ2v) is 6.88. The zero-order valence-electron chi connectivity index (χ0n) is 16.0. The zero-order valence-corrected chi connectivity index (χ0v) is 16.0. The lowest BCUT2D eigenvalue weighted by molar-refractivity contribution is -0.137. The van der Waals surface area contributed by atoms with Crippen molar-refractivity contribution in [3.05, 3.63) is 101 Å². The molecule has 0 aliphatic carbocycles. The summed E-state index contributed by atoms with van der Waals surface area (Å²) >= 11 is 0. The second-order valence-electron chi connectivity index (χ2n) is 6.88. The van der Waals surface area contributed by atoms with Gasteiger partial charge in [-0.2, -0.15) is 0 Å². The standard InChI is InChI=1S/C23H21FN2O3/c1-16-2-4-18(5-3-16)14-26(15-22(27)28)23(29)19-8-11-21(25-13-19)12-17-6-9-20(24)10-7-17/h2-11,13H,12,14-15H2,1H3,(H,27,28). The van der Waals surface area contributed by atoms with Gasteiger partial charge in [0.15, 0.2) is 0 Å². The molecule has 6 heteroatoms. The number of aryl methyl sites for hydroxylation is 1. The van der Waals surface area contributed by atoms with Crippen molar-refractivity contribution in [2.75, 3.05) is 6.54 Å². The van der Waals surface area contributed by atoms with Gasteiger partial charge < -0.3 is 10.0 Å². The minimum atomic E-state index is -1.08. The van der Waals surface area contributed by atoms with Crippen molar-refractivity contribution in [2.45, 2.75) is 19.9 Å². The molecule has 2 aromatic carbocycles. The normalized spacial score (nSPS) is 10.6. The van der Waals surface area contributed by atoms with E-state index in [-0.39, 0.29) is 12.4 Å². The maximum Gasteiger partial charge on any atom is 0.323 e. The smallest absolute Gasteiger partial charge is 0.323 e. The summed E-state index contributed by atoms with van der Waals surface area (Å²) in [5.41, 5.74) is 3.90. The van der Waals surface area contributed by atoms with Gasteiger partial charge in [-0.25, -0.2) is 4.39 Å². The Labute approximate surface area is 168 Å². The van der Waals surface area contributed by atoms with Crippen LogP contribution in [0.2, 0.25) is 0 Å². The van der Waals surface area contributed by atoms with Crippen LogP contribution in [0.4, 0.5) is 4.39 Å². The zero-order chi connectivity index (χ0) is 20.8. The number of hydrogen-bond acceptors (Lipinski definition) is 3. The lowest BCUT2D eigenvalue weighted by Crippen LogP contribution is -2.35. The van der Waals surface area contributed by atoms with Crippen molar-refractivity contribution in [1.29, 1.82) is 0 Å². The predicted molar refractivity (Wildman–Crippen MR) is 107 cm³/mol. The van der Waals surface area contributed by atoms with Gasteiger partial charge >= 0.3 is 5.97 Å². The van der Waals surface area contributed by atoms with E-state index in [1.165, 1.54) is 23.2 Å². The number of halogens is 1. The molecule has 0 atom stereocenters. The van der Waals surface area contributed by atoms with Gasteiger partial charge in [-0.05, 0) is 42.3 Å². The summed E-state index contributed by atoms with van der Waals surface area (Å²) in [6.07, 6.45) is 1.96. The predicted octanol–water partition coefficient (Wildman–Crippen LogP) is 3.85. The Morgan fingerprint density at radius 3 is 2.21 bits per heavy atom. The van der Waals surface area contributed by atoms with E-state index in [9.17, 15) is 19.1 Å². The lowest BCUT2D eigenvalue weighted by Gasteiger charge is -2.21. The van der Waals surface area contributed by atoms with Gasteiger partial charge in [-0.15, -0.1) is 0 Å². The number of nitrogens with zero attached hydrogens (tertiary/aromatic N) is 2. The Bertz CT molecular complexity index is 984. The molecule has 0 aliphatic heterocycles. The van der Waals surface area contributed by atoms with Crippen LogP contribution in [0, 0.1) is 12.7 Å². The van der Waals surface area contributed by atoms with Crippen LogP contribution >= 0.6 is 0 Å². The number of hydrogen-bond donors (Lipinski definition) is 1. The van der Waals surface area contributed by atoms with Gasteiger partial charge in [0.1, 0.15) is 12.4 Å². The highest BCUT2D eigenvalue weighted by Crippen LogP contribution is 2.13. The molecule has 3 aromatic rings. The Morgan fingerprint density at radius 1 is 0.966 bits per heavy atom. The van der Waals surface area contributed by atoms with Crippen LogP contribution in [0.15, 0.2) is 66.9 Å². The molecule has 0 spiro atoms. The molecule has 0 saturated carbocycles. The molecule has 3 rings (SSSR count). The Morgan fingerprint density at radius 2 is 1.62 bits per heavy atom. The summed E-state index contributed by atoms with van der Waals surface area (Å²) in [5, 5.41) is 9.19. The summed E-state index contributed by atoms with van der Waals surface area (Å²) in [5.74, 6) is -1.77. The quantitative estimate of drug-likeness (QED) is 0.663. The minimum absolute atomic E-state index is 0.197. The molecule has 29 heavy (non-hydrogen) atoms. The minimum Gasteiger partial charge on any atom is -0.480 e. The molecular weight excluding hydrogens is 371 g/mol. The molecule has 1 aromatic heterocycles. The molecule has 0 saturated heterocycles. The Hall–Kier alpha value is -3.54. The van der Waals surface area contributed by atoms with Crippen LogP contribution in [0.5, 0.6) is 0 Å². The van der Waals surface area contributed by atoms with Gasteiger partial charge in [0.05, 0.1) is 5.56 Å². The molecule has 0 fully saturated rings. The van der Waals surface area contributed by atoms with Crippen LogP contribution in [-0.4, -0.2) is 33.4 Å². The van der Waals surface area contributed by atoms with Crippen LogP contribution in [-0.2, 0) is 17.8 Å². The highest BCUT2D eigenvalue weighted by molar-refractivity contribution is 5.95. The number of pyridine rings is 1. The third-order valence-electron chi connectivity index (χ3n) is 4.48. The maximum absolute atomic E-state index is 13.0. The lowest BCUT2D eigenvalue weighted by atomic mass is 10.1. The van der Waals surface area contributed by atoms with Crippen LogP contribution in [0.1, 0.15) is 32.7 Å². The number of aliphatic carboxylic acids is 1. The molecule has 0 bridgehead atoms. The summed E-state index contributed by atoms with van der Waals surface area (Å²) in [6.45, 7) is 1.76. The van der Waals surface area contributed by atoms with E-state index in [1.807, 2.05) is 31.2 Å². The first-order valence-corrected chi connectivity index (χ1v) is 9.17. The first-order chi connectivity index (χ1) is 13.9. The van der Waals surface area contributed by atoms with Crippen molar-refractivity contribution >= 4 is 11.9 Å². The fourth-order valence-electron chi connectivity index (χ4n) is 2.93. The van der Waals surface area contributed by atoms with Gasteiger partial charge in [-0.1, -0.05) is 42.0 Å². The number of carboxylic acids is 1. The first kappa shape index (κ1) is 20.2. The van der Waals surface area contributed by atoms with Gasteiger partial charge in [-0.3, -0.25) is 14.6 Å². The van der Waals surface area contributed by atoms with Crippen molar-refractivity contribution in [3.63, 3.8) is 0 Å². The third kappa shape index (κ3) is 5.72. The highest BCUT2D eigenvalue weighted by atomic mass is 19.1. The summed E-state index contributed by atoms with van der Waals surface area (Å²) in [6, 6.07) is 17.1. The SMILES string of the molecule is Cc1ccc(CN(CC(=O)O)C(=O)c2ccc(Cc3ccc(F)cc3)nc2)cc1. The van der Waals surface area contributed by atoms with E-state index in [1.54, 1.807) is 24.3 Å². The Balaban J connectivity index is 1.73. The van der Waals surface area contributed by atoms with Crippen LogP contribution < -0.4 is 0 Å². The summed E-state index contributed by atoms with van der Waals surface area (Å²) in [4.78, 5) is 29.7. The molecule has 0 radical (unpaired) electrons. The molecule has 1 heterocycles. The van der Waals surface area contributed by atoms with Crippen molar-refractivity contribution in [2.24, 2.45) is 0 Å². The third-order valence-corrected chi connectivity index (χ3v) is 4.48. The van der Waals surface area contributed by atoms with E-state index in [0.29, 0.717) is 12.0 Å². The van der Waals surface area contributed by atoms with Crippen molar-refractivity contribution < 1.29 is 19.1 Å². The van der Waals surface area contributed by atoms with E-state index in [4.69, 9.17) is 0 Å². The number of carbonyl (C=O) groups excluding carboxylic acids is 1. The fraction of sp³-hybridized carbons (Fsp3) is 0.174. The largest absolute Gasteiger partial charge is 0.480 e. The summed E-state index contributed by atoms with van der Waals surface area (Å²) in [7, 11) is 0. The van der Waals surface area contributed by atoms with E-state index >= 15 is 0 Å². The van der Waals surface area contributed by atoms with Gasteiger partial charge in [0, 0.05) is 24.9 Å². The molecule has 5 nitrogen and oxygen atoms in total. The van der Waals surface area contributed by atoms with E-state index in [0.717, 1.165) is 22.4 Å². The van der Waals surface area contributed by atoms with E-state index in [2.05, 4.69) is 4.98 Å². The number of carbonyl (C=O) groups is 2. The van der Waals surface area contributed by atoms with Gasteiger partial charge in [0.25, 0.3) is 5.91 Å². The Kier molecular flexibility index (Phi) is 6.34. The molecule has 0 unspecified atom stereocenters. The van der Waals surface area contributed by atoms with Crippen molar-refractivity contribution in [3.8, 4) is 0 Å². The first-order valence-electron chi connectivity index (χ1n) is 9.17. The summed E-state index contributed by atoms with van der Waals surface area (Å²) < 4.78 is 13.0. The van der Waals surface area contributed by atoms with E-state index < -0.39 is 18.4 Å². The van der Waals surface area contributed by atoms with Crippen LogP contribution in [0.3, 0.4) is 0 Å². The average Bonchev–Trinajstić information content (AvgIpc) is 2.70. The monoisotopic (exact) mass is 392 g/mol. The fourth-order valence-corrected chi connectivity index (χ4v) is 2.93. The second kappa shape index (κ2) is 9.10.